The Labute approximate surface area is 165 Å². The lowest BCUT2D eigenvalue weighted by molar-refractivity contribution is -0.132. The second-order valence-corrected chi connectivity index (χ2v) is 9.00. The number of hydrogen-bond acceptors (Lipinski definition) is 4. The van der Waals surface area contributed by atoms with E-state index >= 15 is 0 Å². The summed E-state index contributed by atoms with van der Waals surface area (Å²) in [5.41, 5.74) is 0.168. The first-order chi connectivity index (χ1) is 13.5. The van der Waals surface area contributed by atoms with Gasteiger partial charge in [0.1, 0.15) is 5.76 Å². The minimum atomic E-state index is -0.355. The highest BCUT2D eigenvalue weighted by atomic mass is 16.3. The zero-order valence-corrected chi connectivity index (χ0v) is 16.2. The van der Waals surface area contributed by atoms with Crippen molar-refractivity contribution in [3.63, 3.8) is 0 Å². The van der Waals surface area contributed by atoms with E-state index in [9.17, 15) is 14.4 Å². The fourth-order valence-corrected chi connectivity index (χ4v) is 5.99. The van der Waals surface area contributed by atoms with Gasteiger partial charge in [0.2, 0.25) is 17.7 Å². The van der Waals surface area contributed by atoms with Gasteiger partial charge in [-0.05, 0) is 73.8 Å². The molecule has 1 aromatic rings. The SMILES string of the molecule is O=C(CNC(=O)CC12CC3CC(CC(C3)C1)C2)NCC(=O)NCc1ccco1. The Morgan fingerprint density at radius 1 is 0.893 bits per heavy atom. The highest BCUT2D eigenvalue weighted by Crippen LogP contribution is 2.61. The van der Waals surface area contributed by atoms with E-state index in [0.29, 0.717) is 12.2 Å². The van der Waals surface area contributed by atoms with Crippen molar-refractivity contribution in [1.29, 1.82) is 0 Å². The molecule has 0 unspecified atom stereocenters. The molecule has 4 fully saturated rings. The van der Waals surface area contributed by atoms with Crippen molar-refractivity contribution in [3.05, 3.63) is 24.2 Å². The molecule has 7 heteroatoms. The van der Waals surface area contributed by atoms with Gasteiger partial charge < -0.3 is 20.4 Å². The third-order valence-corrected chi connectivity index (χ3v) is 6.63. The van der Waals surface area contributed by atoms with Crippen LogP contribution in [0.3, 0.4) is 0 Å². The monoisotopic (exact) mass is 387 g/mol. The molecule has 152 valence electrons. The summed E-state index contributed by atoms with van der Waals surface area (Å²) in [5.74, 6) is 2.37. The number of amides is 3. The lowest BCUT2D eigenvalue weighted by atomic mass is 9.49. The molecule has 1 aromatic heterocycles. The van der Waals surface area contributed by atoms with Gasteiger partial charge in [-0.1, -0.05) is 0 Å². The van der Waals surface area contributed by atoms with Crippen LogP contribution in [-0.4, -0.2) is 30.8 Å². The van der Waals surface area contributed by atoms with Crippen molar-refractivity contribution in [2.75, 3.05) is 13.1 Å². The second kappa shape index (κ2) is 7.97. The van der Waals surface area contributed by atoms with Crippen LogP contribution in [0, 0.1) is 23.2 Å². The van der Waals surface area contributed by atoms with Crippen LogP contribution in [0.4, 0.5) is 0 Å². The molecular formula is C21H29N3O4. The van der Waals surface area contributed by atoms with Gasteiger partial charge in [0, 0.05) is 6.42 Å². The minimum Gasteiger partial charge on any atom is -0.467 e. The highest BCUT2D eigenvalue weighted by Gasteiger charge is 2.51. The van der Waals surface area contributed by atoms with Gasteiger partial charge in [0.15, 0.2) is 0 Å². The van der Waals surface area contributed by atoms with Crippen LogP contribution in [0.5, 0.6) is 0 Å². The summed E-state index contributed by atoms with van der Waals surface area (Å²) in [6, 6.07) is 3.51. The van der Waals surface area contributed by atoms with E-state index in [1.165, 1.54) is 44.8 Å². The third kappa shape index (κ3) is 4.56. The van der Waals surface area contributed by atoms with Crippen LogP contribution < -0.4 is 16.0 Å². The third-order valence-electron chi connectivity index (χ3n) is 6.63. The van der Waals surface area contributed by atoms with Gasteiger partial charge in [-0.2, -0.15) is 0 Å². The highest BCUT2D eigenvalue weighted by molar-refractivity contribution is 5.88. The van der Waals surface area contributed by atoms with E-state index in [4.69, 9.17) is 4.42 Å². The molecular weight excluding hydrogens is 358 g/mol. The topological polar surface area (TPSA) is 100 Å². The number of hydrogen-bond donors (Lipinski definition) is 3. The number of carbonyl (C=O) groups excluding carboxylic acids is 3. The standard InChI is InChI=1S/C21H29N3O4/c25-18(10-21-7-14-4-15(8-21)6-16(5-14)9-21)23-12-20(27)24-13-19(26)22-11-17-2-1-3-28-17/h1-3,14-16H,4-13H2,(H,22,26)(H,23,25)(H,24,27). The van der Waals surface area contributed by atoms with Crippen molar-refractivity contribution < 1.29 is 18.8 Å². The molecule has 4 aliphatic carbocycles. The maximum atomic E-state index is 12.4. The van der Waals surface area contributed by atoms with Crippen LogP contribution in [0.2, 0.25) is 0 Å². The first-order valence-electron chi connectivity index (χ1n) is 10.3. The zero-order chi connectivity index (χ0) is 19.6. The van der Waals surface area contributed by atoms with E-state index in [0.717, 1.165) is 17.8 Å². The van der Waals surface area contributed by atoms with Gasteiger partial charge >= 0.3 is 0 Å². The fraction of sp³-hybridized carbons (Fsp3) is 0.667. The quantitative estimate of drug-likeness (QED) is 0.632. The summed E-state index contributed by atoms with van der Waals surface area (Å²) >= 11 is 0. The van der Waals surface area contributed by atoms with E-state index in [1.54, 1.807) is 12.1 Å². The smallest absolute Gasteiger partial charge is 0.239 e. The van der Waals surface area contributed by atoms with Gasteiger partial charge in [-0.25, -0.2) is 0 Å². The van der Waals surface area contributed by atoms with Gasteiger partial charge in [-0.3, -0.25) is 14.4 Å². The number of furan rings is 1. The normalized spacial score (nSPS) is 30.1. The average Bonchev–Trinajstić information content (AvgIpc) is 3.15. The predicted molar refractivity (Wildman–Crippen MR) is 102 cm³/mol. The molecule has 4 aliphatic rings. The predicted octanol–water partition coefficient (Wildman–Crippen LogP) is 1.73. The summed E-state index contributed by atoms with van der Waals surface area (Å²) in [6.07, 6.45) is 9.65. The van der Waals surface area contributed by atoms with E-state index in [2.05, 4.69) is 16.0 Å². The summed E-state index contributed by atoms with van der Waals surface area (Å²) in [5, 5.41) is 7.92. The Morgan fingerprint density at radius 3 is 2.04 bits per heavy atom. The van der Waals surface area contributed by atoms with Crippen LogP contribution in [0.15, 0.2) is 22.8 Å². The molecule has 5 rings (SSSR count). The lowest BCUT2D eigenvalue weighted by Crippen LogP contribution is -2.48. The van der Waals surface area contributed by atoms with Crippen LogP contribution in [-0.2, 0) is 20.9 Å². The van der Waals surface area contributed by atoms with E-state index in [-0.39, 0.29) is 42.8 Å². The molecule has 0 atom stereocenters. The Kier molecular flexibility index (Phi) is 5.42. The molecule has 3 amide bonds. The fourth-order valence-electron chi connectivity index (χ4n) is 5.99. The van der Waals surface area contributed by atoms with Crippen LogP contribution >= 0.6 is 0 Å². The molecule has 3 N–H and O–H groups in total. The minimum absolute atomic E-state index is 0.0422. The first kappa shape index (κ1) is 19.0. The van der Waals surface area contributed by atoms with E-state index in [1.807, 2.05) is 0 Å². The van der Waals surface area contributed by atoms with Crippen molar-refractivity contribution in [2.24, 2.45) is 23.2 Å². The van der Waals surface area contributed by atoms with Gasteiger partial charge in [-0.15, -0.1) is 0 Å². The summed E-state index contributed by atoms with van der Waals surface area (Å²) in [7, 11) is 0. The van der Waals surface area contributed by atoms with Crippen LogP contribution in [0.1, 0.15) is 50.7 Å². The number of nitrogens with one attached hydrogen (secondary N) is 3. The Morgan fingerprint density at radius 2 is 1.46 bits per heavy atom. The summed E-state index contributed by atoms with van der Waals surface area (Å²) in [6.45, 7) is 0.0740. The average molecular weight is 387 g/mol. The molecule has 7 nitrogen and oxygen atoms in total. The van der Waals surface area contributed by atoms with Crippen LogP contribution in [0.25, 0.3) is 0 Å². The Balaban J connectivity index is 1.14. The molecule has 0 spiro atoms. The van der Waals surface area contributed by atoms with Crippen molar-refractivity contribution >= 4 is 17.7 Å². The van der Waals surface area contributed by atoms with Crippen molar-refractivity contribution in [2.45, 2.75) is 51.5 Å². The number of carbonyl (C=O) groups is 3. The first-order valence-corrected chi connectivity index (χ1v) is 10.3. The maximum Gasteiger partial charge on any atom is 0.239 e. The summed E-state index contributed by atoms with van der Waals surface area (Å²) < 4.78 is 5.12. The Hall–Kier alpha value is -2.31. The van der Waals surface area contributed by atoms with Gasteiger partial charge in [0.25, 0.3) is 0 Å². The molecule has 0 aromatic carbocycles. The van der Waals surface area contributed by atoms with Gasteiger partial charge in [0.05, 0.1) is 25.9 Å². The summed E-state index contributed by atoms with van der Waals surface area (Å²) in [4.78, 5) is 36.1. The molecule has 0 radical (unpaired) electrons. The molecule has 4 saturated carbocycles. The molecule has 1 heterocycles. The maximum absolute atomic E-state index is 12.4. The Bertz CT molecular complexity index is 693. The molecule has 4 bridgehead atoms. The molecule has 0 aliphatic heterocycles. The molecule has 28 heavy (non-hydrogen) atoms. The van der Waals surface area contributed by atoms with Crippen molar-refractivity contribution in [1.82, 2.24) is 16.0 Å². The largest absolute Gasteiger partial charge is 0.467 e. The number of rotatable bonds is 8. The zero-order valence-electron chi connectivity index (χ0n) is 16.2. The van der Waals surface area contributed by atoms with Crippen molar-refractivity contribution in [3.8, 4) is 0 Å². The lowest BCUT2D eigenvalue weighted by Gasteiger charge is -2.56. The molecule has 0 saturated heterocycles. The van der Waals surface area contributed by atoms with E-state index < -0.39 is 0 Å². The second-order valence-electron chi connectivity index (χ2n) is 9.00.